The van der Waals surface area contributed by atoms with Gasteiger partial charge in [0, 0.05) is 24.5 Å². The zero-order valence-electron chi connectivity index (χ0n) is 11.3. The molecule has 0 bridgehead atoms. The lowest BCUT2D eigenvalue weighted by Gasteiger charge is -2.24. The van der Waals surface area contributed by atoms with Gasteiger partial charge in [-0.05, 0) is 42.3 Å². The van der Waals surface area contributed by atoms with E-state index in [1.807, 2.05) is 36.2 Å². The topological polar surface area (TPSA) is 29.3 Å². The molecule has 0 radical (unpaired) electrons. The van der Waals surface area contributed by atoms with Gasteiger partial charge in [0.1, 0.15) is 5.82 Å². The van der Waals surface area contributed by atoms with Gasteiger partial charge in [-0.1, -0.05) is 25.1 Å². The molecular formula is C16H19FN2. The Balaban J connectivity index is 2.38. The number of benzene rings is 2. The van der Waals surface area contributed by atoms with E-state index >= 15 is 0 Å². The maximum atomic E-state index is 13.0. The van der Waals surface area contributed by atoms with Gasteiger partial charge in [-0.3, -0.25) is 0 Å². The third-order valence-electron chi connectivity index (χ3n) is 3.35. The van der Waals surface area contributed by atoms with Crippen LogP contribution in [0.4, 0.5) is 15.8 Å². The van der Waals surface area contributed by atoms with Crippen molar-refractivity contribution < 1.29 is 4.39 Å². The molecule has 2 nitrogen and oxygen atoms in total. The number of hydrogen-bond acceptors (Lipinski definition) is 2. The molecule has 0 heterocycles. The monoisotopic (exact) mass is 258 g/mol. The maximum absolute atomic E-state index is 13.0. The summed E-state index contributed by atoms with van der Waals surface area (Å²) in [7, 11) is 1.97. The molecule has 0 amide bonds. The molecule has 2 aromatic rings. The Morgan fingerprint density at radius 1 is 1.11 bits per heavy atom. The van der Waals surface area contributed by atoms with E-state index in [1.165, 1.54) is 12.1 Å². The Morgan fingerprint density at radius 2 is 1.74 bits per heavy atom. The van der Waals surface area contributed by atoms with Gasteiger partial charge >= 0.3 is 0 Å². The number of nitrogens with two attached hydrogens (primary N) is 1. The average Bonchev–Trinajstić information content (AvgIpc) is 2.46. The van der Waals surface area contributed by atoms with Crippen LogP contribution in [0.5, 0.6) is 0 Å². The molecule has 0 saturated carbocycles. The van der Waals surface area contributed by atoms with Crippen LogP contribution in [0.2, 0.25) is 0 Å². The van der Waals surface area contributed by atoms with Crippen molar-refractivity contribution in [3.63, 3.8) is 0 Å². The fourth-order valence-electron chi connectivity index (χ4n) is 2.13. The number of hydrogen-bond donors (Lipinski definition) is 1. The summed E-state index contributed by atoms with van der Waals surface area (Å²) in [6.07, 6.45) is 0.883. The summed E-state index contributed by atoms with van der Waals surface area (Å²) in [4.78, 5) is 2.03. The number of halogens is 1. The van der Waals surface area contributed by atoms with Crippen LogP contribution in [0.25, 0.3) is 0 Å². The lowest BCUT2D eigenvalue weighted by molar-refractivity contribution is 0.628. The second kappa shape index (κ2) is 5.85. The third-order valence-corrected chi connectivity index (χ3v) is 3.35. The fraction of sp³-hybridized carbons (Fsp3) is 0.250. The summed E-state index contributed by atoms with van der Waals surface area (Å²) >= 11 is 0. The number of anilines is 2. The molecule has 0 fully saturated rings. The Labute approximate surface area is 113 Å². The second-order valence-electron chi connectivity index (χ2n) is 4.61. The largest absolute Gasteiger partial charge is 0.344 e. The Hall–Kier alpha value is -1.87. The first kappa shape index (κ1) is 13.6. The Bertz CT molecular complexity index is 537. The van der Waals surface area contributed by atoms with Crippen LogP contribution in [0, 0.1) is 5.82 Å². The second-order valence-corrected chi connectivity index (χ2v) is 4.61. The molecule has 0 aromatic heterocycles. The molecule has 3 heteroatoms. The first-order chi connectivity index (χ1) is 9.13. The fourth-order valence-corrected chi connectivity index (χ4v) is 2.13. The lowest BCUT2D eigenvalue weighted by atomic mass is 10.0. The smallest absolute Gasteiger partial charge is 0.123 e. The molecule has 0 unspecified atom stereocenters. The van der Waals surface area contributed by atoms with Crippen LogP contribution >= 0.6 is 0 Å². The zero-order valence-corrected chi connectivity index (χ0v) is 11.3. The molecule has 100 valence electrons. The van der Waals surface area contributed by atoms with E-state index in [0.29, 0.717) is 0 Å². The Kier molecular flexibility index (Phi) is 4.17. The average molecular weight is 258 g/mol. The summed E-state index contributed by atoms with van der Waals surface area (Å²) in [6.45, 7) is 2.07. The van der Waals surface area contributed by atoms with E-state index in [4.69, 9.17) is 5.73 Å². The molecule has 0 saturated heterocycles. The van der Waals surface area contributed by atoms with Gasteiger partial charge < -0.3 is 10.6 Å². The maximum Gasteiger partial charge on any atom is 0.123 e. The quantitative estimate of drug-likeness (QED) is 0.898. The summed E-state index contributed by atoms with van der Waals surface area (Å²) in [6, 6.07) is 14.5. The van der Waals surface area contributed by atoms with E-state index in [9.17, 15) is 4.39 Å². The van der Waals surface area contributed by atoms with Gasteiger partial charge in [-0.2, -0.15) is 0 Å². The van der Waals surface area contributed by atoms with Crippen LogP contribution in [0.1, 0.15) is 24.9 Å². The van der Waals surface area contributed by atoms with Crippen LogP contribution in [0.3, 0.4) is 0 Å². The minimum atomic E-state index is -0.226. The van der Waals surface area contributed by atoms with Crippen molar-refractivity contribution in [2.75, 3.05) is 11.9 Å². The van der Waals surface area contributed by atoms with Crippen molar-refractivity contribution >= 4 is 11.4 Å². The first-order valence-corrected chi connectivity index (χ1v) is 6.47. The highest BCUT2D eigenvalue weighted by Gasteiger charge is 2.13. The van der Waals surface area contributed by atoms with Crippen LogP contribution < -0.4 is 10.6 Å². The van der Waals surface area contributed by atoms with Crippen LogP contribution in [-0.4, -0.2) is 7.05 Å². The summed E-state index contributed by atoms with van der Waals surface area (Å²) in [5, 5.41) is 0. The van der Waals surface area contributed by atoms with Crippen LogP contribution in [-0.2, 0) is 0 Å². The summed E-state index contributed by atoms with van der Waals surface area (Å²) < 4.78 is 13.0. The molecule has 2 aromatic carbocycles. The van der Waals surface area contributed by atoms with Crippen LogP contribution in [0.15, 0.2) is 48.5 Å². The Morgan fingerprint density at radius 3 is 2.37 bits per heavy atom. The van der Waals surface area contributed by atoms with Gasteiger partial charge in [0.05, 0.1) is 0 Å². The molecule has 2 rings (SSSR count). The normalized spacial score (nSPS) is 12.2. The van der Waals surface area contributed by atoms with E-state index in [-0.39, 0.29) is 11.9 Å². The molecular weight excluding hydrogens is 239 g/mol. The molecule has 1 atom stereocenters. The molecule has 0 aliphatic carbocycles. The van der Waals surface area contributed by atoms with Crippen molar-refractivity contribution in [3.8, 4) is 0 Å². The van der Waals surface area contributed by atoms with E-state index in [1.54, 1.807) is 12.1 Å². The van der Waals surface area contributed by atoms with Crippen molar-refractivity contribution in [3.05, 3.63) is 59.9 Å². The minimum absolute atomic E-state index is 0.0131. The van der Waals surface area contributed by atoms with Gasteiger partial charge in [-0.25, -0.2) is 4.39 Å². The predicted octanol–water partition coefficient (Wildman–Crippen LogP) is 4.00. The molecule has 19 heavy (non-hydrogen) atoms. The predicted molar refractivity (Wildman–Crippen MR) is 78.1 cm³/mol. The van der Waals surface area contributed by atoms with Crippen molar-refractivity contribution in [2.45, 2.75) is 19.4 Å². The van der Waals surface area contributed by atoms with Gasteiger partial charge in [0.25, 0.3) is 0 Å². The number of rotatable bonds is 4. The number of para-hydroxylation sites is 1. The highest BCUT2D eigenvalue weighted by molar-refractivity contribution is 5.66. The minimum Gasteiger partial charge on any atom is -0.344 e. The molecule has 2 N–H and O–H groups in total. The van der Waals surface area contributed by atoms with E-state index in [2.05, 4.69) is 6.92 Å². The van der Waals surface area contributed by atoms with Gasteiger partial charge in [0.2, 0.25) is 0 Å². The van der Waals surface area contributed by atoms with E-state index in [0.717, 1.165) is 23.4 Å². The van der Waals surface area contributed by atoms with Crippen molar-refractivity contribution in [1.82, 2.24) is 0 Å². The lowest BCUT2D eigenvalue weighted by Crippen LogP contribution is -2.16. The van der Waals surface area contributed by atoms with Gasteiger partial charge in [-0.15, -0.1) is 0 Å². The highest BCUT2D eigenvalue weighted by Crippen LogP contribution is 2.30. The zero-order chi connectivity index (χ0) is 13.8. The standard InChI is InChI=1S/C16H19FN2/c1-3-15(18)14-6-4-5-7-16(14)19(2)13-10-8-12(17)9-11-13/h4-11,15H,3,18H2,1-2H3/t15-/m0/s1. The summed E-state index contributed by atoms with van der Waals surface area (Å²) in [5.74, 6) is -0.226. The highest BCUT2D eigenvalue weighted by atomic mass is 19.1. The van der Waals surface area contributed by atoms with Crippen molar-refractivity contribution in [1.29, 1.82) is 0 Å². The SMILES string of the molecule is CC[C@H](N)c1ccccc1N(C)c1ccc(F)cc1. The molecule has 0 aliphatic heterocycles. The third kappa shape index (κ3) is 2.93. The molecule has 0 aliphatic rings. The first-order valence-electron chi connectivity index (χ1n) is 6.47. The van der Waals surface area contributed by atoms with E-state index < -0.39 is 0 Å². The van der Waals surface area contributed by atoms with Gasteiger partial charge in [0.15, 0.2) is 0 Å². The summed E-state index contributed by atoms with van der Waals surface area (Å²) in [5.41, 5.74) is 9.26. The van der Waals surface area contributed by atoms with Crippen molar-refractivity contribution in [2.24, 2.45) is 5.73 Å². The molecule has 0 spiro atoms. The number of nitrogens with zero attached hydrogens (tertiary/aromatic N) is 1.